The van der Waals surface area contributed by atoms with Gasteiger partial charge in [0.05, 0.1) is 11.2 Å². The summed E-state index contributed by atoms with van der Waals surface area (Å²) >= 11 is 0. The second kappa shape index (κ2) is 17.5. The predicted octanol–water partition coefficient (Wildman–Crippen LogP) is 8.92. The Morgan fingerprint density at radius 3 is 0.931 bits per heavy atom. The lowest BCUT2D eigenvalue weighted by atomic mass is 10.1. The summed E-state index contributed by atoms with van der Waals surface area (Å²) in [6.07, 6.45) is 16.1. The summed E-state index contributed by atoms with van der Waals surface area (Å²) in [5, 5.41) is 0. The van der Waals surface area contributed by atoms with Crippen LogP contribution in [0.5, 0.6) is 0 Å². The van der Waals surface area contributed by atoms with Gasteiger partial charge in [0.1, 0.15) is 0 Å². The molecular formula is C25H54O4. The van der Waals surface area contributed by atoms with E-state index in [0.717, 1.165) is 12.8 Å². The van der Waals surface area contributed by atoms with Crippen LogP contribution in [-0.2, 0) is 19.6 Å². The molecule has 0 amide bonds. The molecule has 0 spiro atoms. The largest absolute Gasteiger partial charge is 0.228 e. The average molecular weight is 419 g/mol. The Morgan fingerprint density at radius 2 is 0.690 bits per heavy atom. The molecule has 0 aliphatic carbocycles. The van der Waals surface area contributed by atoms with E-state index in [2.05, 4.69) is 13.8 Å². The van der Waals surface area contributed by atoms with Gasteiger partial charge in [0.25, 0.3) is 0 Å². The third kappa shape index (κ3) is 22.3. The lowest BCUT2D eigenvalue weighted by molar-refractivity contribution is -0.534. The van der Waals surface area contributed by atoms with Crippen molar-refractivity contribution in [3.05, 3.63) is 0 Å². The second-order valence-corrected chi connectivity index (χ2v) is 9.79. The van der Waals surface area contributed by atoms with Crippen LogP contribution in [0.15, 0.2) is 0 Å². The molecule has 0 saturated heterocycles. The van der Waals surface area contributed by atoms with Crippen molar-refractivity contribution in [1.82, 2.24) is 0 Å². The first-order valence-corrected chi connectivity index (χ1v) is 12.2. The van der Waals surface area contributed by atoms with Gasteiger partial charge < -0.3 is 0 Å². The van der Waals surface area contributed by atoms with Crippen molar-refractivity contribution in [2.75, 3.05) is 0 Å². The number of unbranched alkanes of at least 4 members (excludes halogenated alkanes) is 9. The molecule has 0 aromatic carbocycles. The van der Waals surface area contributed by atoms with Crippen LogP contribution in [0.25, 0.3) is 0 Å². The summed E-state index contributed by atoms with van der Waals surface area (Å²) in [6, 6.07) is 0. The Labute approximate surface area is 183 Å². The van der Waals surface area contributed by atoms with Gasteiger partial charge in [-0.2, -0.15) is 9.78 Å². The highest BCUT2D eigenvalue weighted by Crippen LogP contribution is 2.23. The SMILES string of the molecule is CCC(C)(C)OOC(C)(C)OOC(C)(C)CC.CCCCCCCCCCCC. The Balaban J connectivity index is 0. The molecule has 0 N–H and O–H groups in total. The molecule has 0 heterocycles. The van der Waals surface area contributed by atoms with E-state index < -0.39 is 5.79 Å². The van der Waals surface area contributed by atoms with Crippen LogP contribution in [-0.4, -0.2) is 17.0 Å². The van der Waals surface area contributed by atoms with Crippen molar-refractivity contribution in [3.8, 4) is 0 Å². The lowest BCUT2D eigenvalue weighted by Crippen LogP contribution is -2.37. The monoisotopic (exact) mass is 418 g/mol. The molecule has 0 atom stereocenters. The number of hydrogen-bond donors (Lipinski definition) is 0. The Hall–Kier alpha value is -0.160. The average Bonchev–Trinajstić information content (AvgIpc) is 2.68. The van der Waals surface area contributed by atoms with Crippen LogP contribution in [0.4, 0.5) is 0 Å². The highest BCUT2D eigenvalue weighted by molar-refractivity contribution is 4.64. The van der Waals surface area contributed by atoms with Crippen LogP contribution in [0.2, 0.25) is 0 Å². The fourth-order valence-electron chi connectivity index (χ4n) is 2.12. The standard InChI is InChI=1S/C13H28O4.C12H26/c1-9-11(3,4)14-16-13(7,8)17-15-12(5,6)10-2;1-3-5-7-9-11-12-10-8-6-4-2/h9-10H2,1-8H3;3-12H2,1-2H3. The van der Waals surface area contributed by atoms with Crippen molar-refractivity contribution in [2.45, 2.75) is 163 Å². The minimum absolute atomic E-state index is 0.332. The van der Waals surface area contributed by atoms with Gasteiger partial charge in [0.15, 0.2) is 0 Å². The van der Waals surface area contributed by atoms with E-state index in [9.17, 15) is 0 Å². The van der Waals surface area contributed by atoms with Gasteiger partial charge in [-0.25, -0.2) is 9.78 Å². The van der Waals surface area contributed by atoms with Crippen LogP contribution >= 0.6 is 0 Å². The van der Waals surface area contributed by atoms with E-state index in [-0.39, 0.29) is 11.2 Å². The number of rotatable bonds is 17. The van der Waals surface area contributed by atoms with Crippen LogP contribution < -0.4 is 0 Å². The normalized spacial score (nSPS) is 12.6. The molecule has 0 bridgehead atoms. The van der Waals surface area contributed by atoms with E-state index in [4.69, 9.17) is 19.6 Å². The van der Waals surface area contributed by atoms with Gasteiger partial charge in [-0.3, -0.25) is 0 Å². The molecule has 4 heteroatoms. The zero-order chi connectivity index (χ0) is 22.8. The summed E-state index contributed by atoms with van der Waals surface area (Å²) in [4.78, 5) is 21.2. The minimum Gasteiger partial charge on any atom is -0.228 e. The maximum absolute atomic E-state index is 5.34. The first-order valence-electron chi connectivity index (χ1n) is 12.2. The van der Waals surface area contributed by atoms with E-state index in [1.54, 1.807) is 13.8 Å². The van der Waals surface area contributed by atoms with Gasteiger partial charge in [-0.05, 0) is 54.4 Å². The van der Waals surface area contributed by atoms with Gasteiger partial charge in [-0.15, -0.1) is 0 Å². The van der Waals surface area contributed by atoms with Crippen molar-refractivity contribution in [1.29, 1.82) is 0 Å². The van der Waals surface area contributed by atoms with Crippen molar-refractivity contribution in [2.24, 2.45) is 0 Å². The molecule has 0 fully saturated rings. The van der Waals surface area contributed by atoms with E-state index in [1.165, 1.54) is 64.2 Å². The third-order valence-electron chi connectivity index (χ3n) is 5.10. The highest BCUT2D eigenvalue weighted by Gasteiger charge is 2.30. The van der Waals surface area contributed by atoms with Gasteiger partial charge in [0.2, 0.25) is 5.79 Å². The Kier molecular flexibility index (Phi) is 18.7. The molecule has 0 aliphatic heterocycles. The fourth-order valence-corrected chi connectivity index (χ4v) is 2.12. The van der Waals surface area contributed by atoms with Gasteiger partial charge >= 0.3 is 0 Å². The molecule has 4 nitrogen and oxygen atoms in total. The van der Waals surface area contributed by atoms with E-state index >= 15 is 0 Å². The quantitative estimate of drug-likeness (QED) is 0.102. The molecule has 0 aliphatic rings. The molecule has 0 saturated carbocycles. The fraction of sp³-hybridized carbons (Fsp3) is 1.00. The molecule has 0 unspecified atom stereocenters. The molecule has 0 aromatic heterocycles. The van der Waals surface area contributed by atoms with Crippen molar-refractivity contribution < 1.29 is 19.6 Å². The van der Waals surface area contributed by atoms with Crippen LogP contribution in [0, 0.1) is 0 Å². The van der Waals surface area contributed by atoms with Crippen molar-refractivity contribution >= 4 is 0 Å². The molecule has 0 aromatic rings. The second-order valence-electron chi connectivity index (χ2n) is 9.79. The zero-order valence-electron chi connectivity index (χ0n) is 21.6. The summed E-state index contributed by atoms with van der Waals surface area (Å²) in [7, 11) is 0. The van der Waals surface area contributed by atoms with Crippen LogP contribution in [0.3, 0.4) is 0 Å². The summed E-state index contributed by atoms with van der Waals surface area (Å²) < 4.78 is 0. The summed E-state index contributed by atoms with van der Waals surface area (Å²) in [5.41, 5.74) is -0.665. The topological polar surface area (TPSA) is 36.9 Å². The molecular weight excluding hydrogens is 364 g/mol. The van der Waals surface area contributed by atoms with Gasteiger partial charge in [0, 0.05) is 0 Å². The van der Waals surface area contributed by atoms with E-state index in [0.29, 0.717) is 0 Å². The maximum Gasteiger partial charge on any atom is 0.228 e. The van der Waals surface area contributed by atoms with Crippen LogP contribution in [0.1, 0.15) is 146 Å². The first kappa shape index (κ1) is 31.0. The molecule has 178 valence electrons. The Bertz CT molecular complexity index is 319. The maximum atomic E-state index is 5.34. The molecule has 0 radical (unpaired) electrons. The highest BCUT2D eigenvalue weighted by atomic mass is 17.3. The molecule has 29 heavy (non-hydrogen) atoms. The minimum atomic E-state index is -0.932. The third-order valence-corrected chi connectivity index (χ3v) is 5.10. The summed E-state index contributed by atoms with van der Waals surface area (Å²) in [5.74, 6) is -0.932. The first-order chi connectivity index (χ1) is 13.4. The smallest absolute Gasteiger partial charge is 0.228 e. The van der Waals surface area contributed by atoms with Gasteiger partial charge in [-0.1, -0.05) is 91.9 Å². The van der Waals surface area contributed by atoms with Crippen molar-refractivity contribution in [3.63, 3.8) is 0 Å². The number of hydrogen-bond acceptors (Lipinski definition) is 4. The molecule has 0 rings (SSSR count). The predicted molar refractivity (Wildman–Crippen MR) is 125 cm³/mol. The zero-order valence-corrected chi connectivity index (χ0v) is 21.6. The Morgan fingerprint density at radius 1 is 0.414 bits per heavy atom. The lowest BCUT2D eigenvalue weighted by Gasteiger charge is -2.31. The van der Waals surface area contributed by atoms with E-state index in [1.807, 2.05) is 41.5 Å². The summed E-state index contributed by atoms with van der Waals surface area (Å²) in [6.45, 7) is 20.0.